The van der Waals surface area contributed by atoms with Gasteiger partial charge in [-0.05, 0) is 29.8 Å². The van der Waals surface area contributed by atoms with E-state index in [-0.39, 0.29) is 11.2 Å². The molecule has 0 saturated heterocycles. The van der Waals surface area contributed by atoms with Crippen LogP contribution in [0.15, 0.2) is 91.5 Å². The molecule has 168 valence electrons. The zero-order valence-electron chi connectivity index (χ0n) is 18.7. The standard InChI is InChI=1S/C28H23N3O2S/c1-30-16-24(22-10-9-21(14-25(22)30)33-17-19-6-3-2-4-7-19)27(32)23-11-13-31-26(23)18-34-28(31)20-8-5-12-29-15-20/h2-16,28H,17-18H2,1H3. The third-order valence-corrected chi connectivity index (χ3v) is 7.58. The van der Waals surface area contributed by atoms with E-state index >= 15 is 0 Å². The summed E-state index contributed by atoms with van der Waals surface area (Å²) in [5.74, 6) is 1.65. The monoisotopic (exact) mass is 465 g/mol. The molecule has 5 nitrogen and oxygen atoms in total. The van der Waals surface area contributed by atoms with Crippen LogP contribution in [-0.4, -0.2) is 19.9 Å². The van der Waals surface area contributed by atoms with Gasteiger partial charge in [0, 0.05) is 71.4 Å². The van der Waals surface area contributed by atoms with Gasteiger partial charge in [-0.25, -0.2) is 0 Å². The molecule has 6 heteroatoms. The number of rotatable bonds is 6. The summed E-state index contributed by atoms with van der Waals surface area (Å²) in [6, 6.07) is 22.0. The Labute approximate surface area is 202 Å². The van der Waals surface area contributed by atoms with Crippen LogP contribution in [0.5, 0.6) is 5.75 Å². The van der Waals surface area contributed by atoms with E-state index in [0.29, 0.717) is 6.61 Å². The van der Waals surface area contributed by atoms with Gasteiger partial charge in [-0.2, -0.15) is 0 Å². The predicted octanol–water partition coefficient (Wildman–Crippen LogP) is 5.98. The Bertz CT molecular complexity index is 1490. The number of ether oxygens (including phenoxy) is 1. The normalized spacial score (nSPS) is 14.9. The molecular formula is C28H23N3O2S. The van der Waals surface area contributed by atoms with E-state index in [2.05, 4.69) is 15.6 Å². The van der Waals surface area contributed by atoms with Crippen molar-refractivity contribution < 1.29 is 9.53 Å². The van der Waals surface area contributed by atoms with Crippen LogP contribution in [0.2, 0.25) is 0 Å². The summed E-state index contributed by atoms with van der Waals surface area (Å²) in [5.41, 5.74) is 5.81. The largest absolute Gasteiger partial charge is 0.489 e. The Balaban J connectivity index is 1.29. The van der Waals surface area contributed by atoms with Gasteiger partial charge in [0.1, 0.15) is 17.7 Å². The maximum absolute atomic E-state index is 13.7. The highest BCUT2D eigenvalue weighted by molar-refractivity contribution is 7.99. The van der Waals surface area contributed by atoms with Crippen molar-refractivity contribution in [3.05, 3.63) is 119 Å². The number of nitrogens with zero attached hydrogens (tertiary/aromatic N) is 3. The van der Waals surface area contributed by atoms with Crippen molar-refractivity contribution >= 4 is 28.4 Å². The van der Waals surface area contributed by atoms with Gasteiger partial charge < -0.3 is 13.9 Å². The number of hydrogen-bond donors (Lipinski definition) is 0. The number of aromatic nitrogens is 3. The summed E-state index contributed by atoms with van der Waals surface area (Å²) >= 11 is 1.82. The average Bonchev–Trinajstić information content (AvgIpc) is 3.57. The third-order valence-electron chi connectivity index (χ3n) is 6.32. The van der Waals surface area contributed by atoms with E-state index in [1.165, 1.54) is 0 Å². The van der Waals surface area contributed by atoms with Crippen LogP contribution < -0.4 is 4.74 Å². The Morgan fingerprint density at radius 2 is 1.97 bits per heavy atom. The molecule has 2 aromatic carbocycles. The SMILES string of the molecule is Cn1cc(C(=O)c2ccn3c2CSC3c2cccnc2)c2ccc(OCc3ccccc3)cc21. The van der Waals surface area contributed by atoms with E-state index in [4.69, 9.17) is 4.74 Å². The van der Waals surface area contributed by atoms with E-state index in [1.54, 1.807) is 6.20 Å². The van der Waals surface area contributed by atoms with Crippen molar-refractivity contribution in [1.29, 1.82) is 0 Å². The number of benzene rings is 2. The molecule has 3 aromatic heterocycles. The van der Waals surface area contributed by atoms with Crippen molar-refractivity contribution in [2.75, 3.05) is 0 Å². The van der Waals surface area contributed by atoms with Crippen LogP contribution >= 0.6 is 11.8 Å². The predicted molar refractivity (Wildman–Crippen MR) is 135 cm³/mol. The molecule has 0 spiro atoms. The molecule has 0 fully saturated rings. The van der Waals surface area contributed by atoms with E-state index < -0.39 is 0 Å². The van der Waals surface area contributed by atoms with Gasteiger partial charge in [0.15, 0.2) is 5.78 Å². The van der Waals surface area contributed by atoms with Crippen molar-refractivity contribution in [2.24, 2.45) is 7.05 Å². The molecule has 0 N–H and O–H groups in total. The second kappa shape index (κ2) is 8.54. The van der Waals surface area contributed by atoms with Crippen LogP contribution in [0, 0.1) is 0 Å². The molecule has 1 atom stereocenters. The first-order chi connectivity index (χ1) is 16.7. The lowest BCUT2D eigenvalue weighted by molar-refractivity contribution is 0.103. The van der Waals surface area contributed by atoms with E-state index in [9.17, 15) is 4.79 Å². The summed E-state index contributed by atoms with van der Waals surface area (Å²) in [5, 5.41) is 1.09. The Morgan fingerprint density at radius 1 is 1.09 bits per heavy atom. The first kappa shape index (κ1) is 20.8. The first-order valence-electron chi connectivity index (χ1n) is 11.2. The fraction of sp³-hybridized carbons (Fsp3) is 0.143. The maximum Gasteiger partial charge on any atom is 0.197 e. The number of carbonyl (C=O) groups is 1. The zero-order valence-corrected chi connectivity index (χ0v) is 19.5. The quantitative estimate of drug-likeness (QED) is 0.290. The second-order valence-electron chi connectivity index (χ2n) is 8.47. The molecule has 1 aliphatic heterocycles. The molecule has 5 aromatic rings. The number of aryl methyl sites for hydroxylation is 1. The number of pyridine rings is 1. The molecule has 4 heterocycles. The van der Waals surface area contributed by atoms with Crippen molar-refractivity contribution in [2.45, 2.75) is 17.7 Å². The highest BCUT2D eigenvalue weighted by atomic mass is 32.2. The van der Waals surface area contributed by atoms with Crippen LogP contribution in [-0.2, 0) is 19.4 Å². The van der Waals surface area contributed by atoms with E-state index in [1.807, 2.05) is 103 Å². The van der Waals surface area contributed by atoms with Gasteiger partial charge in [-0.15, -0.1) is 11.8 Å². The van der Waals surface area contributed by atoms with Crippen molar-refractivity contribution in [1.82, 2.24) is 14.1 Å². The van der Waals surface area contributed by atoms with Gasteiger partial charge in [0.2, 0.25) is 0 Å². The minimum atomic E-state index is 0.0599. The number of fused-ring (bicyclic) bond motifs is 2. The lowest BCUT2D eigenvalue weighted by Gasteiger charge is -2.11. The second-order valence-corrected chi connectivity index (χ2v) is 9.54. The minimum Gasteiger partial charge on any atom is -0.489 e. The third kappa shape index (κ3) is 3.60. The van der Waals surface area contributed by atoms with Gasteiger partial charge >= 0.3 is 0 Å². The van der Waals surface area contributed by atoms with Gasteiger partial charge in [0.05, 0.1) is 5.52 Å². The van der Waals surface area contributed by atoms with Crippen LogP contribution in [0.4, 0.5) is 0 Å². The lowest BCUT2D eigenvalue weighted by Crippen LogP contribution is -2.05. The number of hydrogen-bond acceptors (Lipinski definition) is 4. The Kier molecular flexibility index (Phi) is 5.23. The van der Waals surface area contributed by atoms with Crippen molar-refractivity contribution in [3.63, 3.8) is 0 Å². The summed E-state index contributed by atoms with van der Waals surface area (Å²) in [6.07, 6.45) is 7.64. The Hall–Kier alpha value is -3.77. The topological polar surface area (TPSA) is 49.0 Å². The molecule has 0 bridgehead atoms. The average molecular weight is 466 g/mol. The van der Waals surface area contributed by atoms with Crippen LogP contribution in [0.25, 0.3) is 10.9 Å². The molecule has 34 heavy (non-hydrogen) atoms. The lowest BCUT2D eigenvalue weighted by atomic mass is 10.0. The van der Waals surface area contributed by atoms with E-state index in [0.717, 1.165) is 50.4 Å². The molecule has 0 radical (unpaired) electrons. The van der Waals surface area contributed by atoms with Crippen LogP contribution in [0.1, 0.15) is 38.1 Å². The highest BCUT2D eigenvalue weighted by Crippen LogP contribution is 2.42. The van der Waals surface area contributed by atoms with Crippen LogP contribution in [0.3, 0.4) is 0 Å². The molecule has 1 unspecified atom stereocenters. The molecule has 1 aliphatic rings. The molecule has 0 amide bonds. The van der Waals surface area contributed by atoms with Gasteiger partial charge in [0.25, 0.3) is 0 Å². The molecular weight excluding hydrogens is 442 g/mol. The fourth-order valence-electron chi connectivity index (χ4n) is 4.60. The molecule has 6 rings (SSSR count). The summed E-state index contributed by atoms with van der Waals surface area (Å²) in [4.78, 5) is 17.9. The molecule has 0 aliphatic carbocycles. The zero-order chi connectivity index (χ0) is 23.1. The Morgan fingerprint density at radius 3 is 2.79 bits per heavy atom. The first-order valence-corrected chi connectivity index (χ1v) is 12.3. The van der Waals surface area contributed by atoms with Gasteiger partial charge in [-0.1, -0.05) is 36.4 Å². The number of carbonyl (C=O) groups excluding carboxylic acids is 1. The fourth-order valence-corrected chi connectivity index (χ4v) is 5.91. The summed E-state index contributed by atoms with van der Waals surface area (Å²) in [7, 11) is 1.97. The highest BCUT2D eigenvalue weighted by Gasteiger charge is 2.29. The minimum absolute atomic E-state index is 0.0599. The molecule has 0 saturated carbocycles. The van der Waals surface area contributed by atoms with Crippen molar-refractivity contribution in [3.8, 4) is 5.75 Å². The van der Waals surface area contributed by atoms with Gasteiger partial charge in [-0.3, -0.25) is 9.78 Å². The number of thioether (sulfide) groups is 1. The maximum atomic E-state index is 13.7. The smallest absolute Gasteiger partial charge is 0.197 e. The number of ketones is 1. The summed E-state index contributed by atoms with van der Waals surface area (Å²) < 4.78 is 10.2. The summed E-state index contributed by atoms with van der Waals surface area (Å²) in [6.45, 7) is 0.509.